The quantitative estimate of drug-likeness (QED) is 0.842. The van der Waals surface area contributed by atoms with E-state index in [1.54, 1.807) is 0 Å². The Morgan fingerprint density at radius 3 is 2.39 bits per heavy atom. The van der Waals surface area contributed by atoms with Crippen LogP contribution in [0.1, 0.15) is 23.8 Å². The number of hydrogen-bond donors (Lipinski definition) is 1. The molecule has 5 heteroatoms. The summed E-state index contributed by atoms with van der Waals surface area (Å²) in [7, 11) is 0. The number of aromatic nitrogens is 2. The number of carboxylic acids is 1. The molecule has 0 spiro atoms. The van der Waals surface area contributed by atoms with Gasteiger partial charge in [0.05, 0.1) is 6.42 Å². The van der Waals surface area contributed by atoms with Crippen molar-refractivity contribution in [1.29, 1.82) is 0 Å². The number of nitrogens with zero attached hydrogens (tertiary/aromatic N) is 2. The highest BCUT2D eigenvalue weighted by Crippen LogP contribution is 2.07. The lowest BCUT2D eigenvalue weighted by Gasteiger charge is -1.96. The summed E-state index contributed by atoms with van der Waals surface area (Å²) in [6.45, 7) is 0. The molecule has 2 rings (SSSR count). The number of aryl methyl sites for hydroxylation is 3. The van der Waals surface area contributed by atoms with Crippen LogP contribution in [-0.2, 0) is 24.1 Å². The number of hydrogen-bond acceptors (Lipinski definition) is 4. The summed E-state index contributed by atoms with van der Waals surface area (Å²) >= 11 is 0. The van der Waals surface area contributed by atoms with Gasteiger partial charge in [0.25, 0.3) is 0 Å². The van der Waals surface area contributed by atoms with Crippen LogP contribution in [-0.4, -0.2) is 21.3 Å². The number of carbonyl (C=O) groups is 1. The molecule has 1 aromatic carbocycles. The van der Waals surface area contributed by atoms with Gasteiger partial charge < -0.3 is 9.52 Å². The first kappa shape index (κ1) is 12.3. The van der Waals surface area contributed by atoms with Crippen LogP contribution in [0.3, 0.4) is 0 Å². The molecule has 0 atom stereocenters. The molecule has 0 aliphatic heterocycles. The maximum Gasteiger partial charge on any atom is 0.303 e. The fourth-order valence-corrected chi connectivity index (χ4v) is 1.60. The largest absolute Gasteiger partial charge is 0.481 e. The van der Waals surface area contributed by atoms with E-state index in [1.807, 2.05) is 30.3 Å². The molecule has 1 N–H and O–H groups in total. The van der Waals surface area contributed by atoms with Crippen molar-refractivity contribution in [3.63, 3.8) is 0 Å². The number of aliphatic carboxylic acids is 1. The lowest BCUT2D eigenvalue weighted by atomic mass is 10.1. The highest BCUT2D eigenvalue weighted by molar-refractivity contribution is 5.66. The van der Waals surface area contributed by atoms with Crippen molar-refractivity contribution in [2.75, 3.05) is 0 Å². The van der Waals surface area contributed by atoms with Crippen molar-refractivity contribution in [3.05, 3.63) is 47.7 Å². The molecule has 0 aliphatic rings. The molecule has 1 aromatic heterocycles. The van der Waals surface area contributed by atoms with Crippen molar-refractivity contribution >= 4 is 5.97 Å². The van der Waals surface area contributed by atoms with Gasteiger partial charge in [0.1, 0.15) is 0 Å². The molecule has 18 heavy (non-hydrogen) atoms. The van der Waals surface area contributed by atoms with E-state index in [0.29, 0.717) is 18.2 Å². The van der Waals surface area contributed by atoms with Crippen molar-refractivity contribution in [2.24, 2.45) is 0 Å². The van der Waals surface area contributed by atoms with Crippen LogP contribution < -0.4 is 0 Å². The SMILES string of the molecule is O=C(O)CCc1nnc(CCc2ccccc2)o1. The number of rotatable bonds is 6. The topological polar surface area (TPSA) is 76.2 Å². The molecule has 0 amide bonds. The average molecular weight is 246 g/mol. The van der Waals surface area contributed by atoms with E-state index in [-0.39, 0.29) is 12.8 Å². The molecule has 1 heterocycles. The zero-order valence-electron chi connectivity index (χ0n) is 9.87. The summed E-state index contributed by atoms with van der Waals surface area (Å²) in [5.41, 5.74) is 1.21. The van der Waals surface area contributed by atoms with E-state index < -0.39 is 5.97 Å². The molecule has 0 bridgehead atoms. The first-order chi connectivity index (χ1) is 8.74. The fraction of sp³-hybridized carbons (Fsp3) is 0.308. The normalized spacial score (nSPS) is 10.4. The van der Waals surface area contributed by atoms with Gasteiger partial charge in [-0.15, -0.1) is 10.2 Å². The molecule has 0 unspecified atom stereocenters. The zero-order valence-corrected chi connectivity index (χ0v) is 9.87. The van der Waals surface area contributed by atoms with Gasteiger partial charge >= 0.3 is 5.97 Å². The van der Waals surface area contributed by atoms with Crippen LogP contribution in [0.5, 0.6) is 0 Å². The van der Waals surface area contributed by atoms with Gasteiger partial charge in [0.15, 0.2) is 0 Å². The van der Waals surface area contributed by atoms with Crippen molar-refractivity contribution in [2.45, 2.75) is 25.7 Å². The predicted octanol–water partition coefficient (Wildman–Crippen LogP) is 1.87. The van der Waals surface area contributed by atoms with E-state index in [9.17, 15) is 4.79 Å². The Kier molecular flexibility index (Phi) is 4.06. The van der Waals surface area contributed by atoms with Crippen LogP contribution in [0.2, 0.25) is 0 Å². The van der Waals surface area contributed by atoms with E-state index >= 15 is 0 Å². The fourth-order valence-electron chi connectivity index (χ4n) is 1.60. The maximum atomic E-state index is 10.4. The molecule has 0 fully saturated rings. The van der Waals surface area contributed by atoms with Gasteiger partial charge in [-0.3, -0.25) is 4.79 Å². The molecule has 0 saturated carbocycles. The van der Waals surface area contributed by atoms with E-state index in [4.69, 9.17) is 9.52 Å². The van der Waals surface area contributed by atoms with Crippen LogP contribution >= 0.6 is 0 Å². The lowest BCUT2D eigenvalue weighted by molar-refractivity contribution is -0.137. The summed E-state index contributed by atoms with van der Waals surface area (Å²) in [5.74, 6) is 0.0822. The third kappa shape index (κ3) is 3.69. The Bertz CT molecular complexity index is 508. The number of benzene rings is 1. The van der Waals surface area contributed by atoms with Crippen molar-refractivity contribution in [3.8, 4) is 0 Å². The molecule has 0 radical (unpaired) electrons. The summed E-state index contributed by atoms with van der Waals surface area (Å²) in [4.78, 5) is 10.4. The highest BCUT2D eigenvalue weighted by atomic mass is 16.4. The first-order valence-corrected chi connectivity index (χ1v) is 5.81. The van der Waals surface area contributed by atoms with Gasteiger partial charge in [0.2, 0.25) is 11.8 Å². The van der Waals surface area contributed by atoms with Crippen molar-refractivity contribution in [1.82, 2.24) is 10.2 Å². The highest BCUT2D eigenvalue weighted by Gasteiger charge is 2.08. The minimum atomic E-state index is -0.862. The zero-order chi connectivity index (χ0) is 12.8. The monoisotopic (exact) mass is 246 g/mol. The molecular formula is C13H14N2O3. The maximum absolute atomic E-state index is 10.4. The van der Waals surface area contributed by atoms with Gasteiger partial charge in [-0.1, -0.05) is 30.3 Å². The van der Waals surface area contributed by atoms with E-state index in [0.717, 1.165) is 6.42 Å². The predicted molar refractivity (Wildman–Crippen MR) is 64.1 cm³/mol. The second-order valence-electron chi connectivity index (χ2n) is 3.97. The van der Waals surface area contributed by atoms with E-state index in [2.05, 4.69) is 10.2 Å². The first-order valence-electron chi connectivity index (χ1n) is 5.81. The standard InChI is InChI=1S/C13H14N2O3/c16-13(17)9-8-12-15-14-11(18-12)7-6-10-4-2-1-3-5-10/h1-5H,6-9H2,(H,16,17). The molecule has 94 valence electrons. The third-order valence-electron chi connectivity index (χ3n) is 2.53. The summed E-state index contributed by atoms with van der Waals surface area (Å²) in [6.07, 6.45) is 1.81. The second-order valence-corrected chi connectivity index (χ2v) is 3.97. The van der Waals surface area contributed by atoms with Gasteiger partial charge in [-0.2, -0.15) is 0 Å². The number of carboxylic acid groups (broad SMARTS) is 1. The van der Waals surface area contributed by atoms with Crippen molar-refractivity contribution < 1.29 is 14.3 Å². The Morgan fingerprint density at radius 1 is 1.06 bits per heavy atom. The van der Waals surface area contributed by atoms with Crippen LogP contribution in [0, 0.1) is 0 Å². The minimum absolute atomic E-state index is 0.0142. The van der Waals surface area contributed by atoms with Crippen LogP contribution in [0.15, 0.2) is 34.7 Å². The Hall–Kier alpha value is -2.17. The molecule has 0 aliphatic carbocycles. The van der Waals surface area contributed by atoms with E-state index in [1.165, 1.54) is 5.56 Å². The Balaban J connectivity index is 1.85. The molecule has 2 aromatic rings. The van der Waals surface area contributed by atoms with Gasteiger partial charge in [-0.25, -0.2) is 0 Å². The molecule has 0 saturated heterocycles. The van der Waals surface area contributed by atoms with Crippen LogP contribution in [0.4, 0.5) is 0 Å². The summed E-state index contributed by atoms with van der Waals surface area (Å²) in [5, 5.41) is 16.3. The minimum Gasteiger partial charge on any atom is -0.481 e. The van der Waals surface area contributed by atoms with Gasteiger partial charge in [0, 0.05) is 12.8 Å². The lowest BCUT2D eigenvalue weighted by Crippen LogP contribution is -1.97. The summed E-state index contributed by atoms with van der Waals surface area (Å²) in [6, 6.07) is 10.0. The summed E-state index contributed by atoms with van der Waals surface area (Å²) < 4.78 is 5.37. The second kappa shape index (κ2) is 5.95. The van der Waals surface area contributed by atoms with Crippen LogP contribution in [0.25, 0.3) is 0 Å². The smallest absolute Gasteiger partial charge is 0.303 e. The Morgan fingerprint density at radius 2 is 1.72 bits per heavy atom. The third-order valence-corrected chi connectivity index (χ3v) is 2.53. The molecule has 5 nitrogen and oxygen atoms in total. The van der Waals surface area contributed by atoms with Gasteiger partial charge in [-0.05, 0) is 12.0 Å². The Labute approximate surface area is 104 Å². The average Bonchev–Trinajstić information content (AvgIpc) is 2.83. The molecular weight excluding hydrogens is 232 g/mol.